The van der Waals surface area contributed by atoms with Gasteiger partial charge in [-0.15, -0.1) is 0 Å². The van der Waals surface area contributed by atoms with Crippen molar-refractivity contribution in [2.24, 2.45) is 11.0 Å². The van der Waals surface area contributed by atoms with E-state index < -0.39 is 0 Å². The Hall–Kier alpha value is -1.86. The predicted molar refractivity (Wildman–Crippen MR) is 103 cm³/mol. The van der Waals surface area contributed by atoms with E-state index in [9.17, 15) is 0 Å². The van der Waals surface area contributed by atoms with Gasteiger partial charge in [-0.05, 0) is 42.3 Å². The molecule has 6 nitrogen and oxygen atoms in total. The molecule has 2 aliphatic rings. The van der Waals surface area contributed by atoms with Crippen LogP contribution in [-0.4, -0.2) is 27.9 Å². The van der Waals surface area contributed by atoms with E-state index in [1.54, 1.807) is 17.0 Å². The molecule has 0 unspecified atom stereocenters. The van der Waals surface area contributed by atoms with E-state index in [1.807, 2.05) is 6.07 Å². The van der Waals surface area contributed by atoms with Gasteiger partial charge in [-0.25, -0.2) is 0 Å². The second kappa shape index (κ2) is 7.80. The molecule has 4 rings (SSSR count). The summed E-state index contributed by atoms with van der Waals surface area (Å²) in [7, 11) is 0. The average Bonchev–Trinajstić information content (AvgIpc) is 3.26. The number of fused-ring (bicyclic) bond motifs is 1. The van der Waals surface area contributed by atoms with Gasteiger partial charge in [-0.1, -0.05) is 43.7 Å². The molecule has 0 saturated heterocycles. The van der Waals surface area contributed by atoms with Crippen LogP contribution in [-0.2, 0) is 6.42 Å². The number of rotatable bonds is 5. The minimum absolute atomic E-state index is 0.188. The normalized spacial score (nSPS) is 17.3. The molecule has 0 radical (unpaired) electrons. The Morgan fingerprint density at radius 2 is 2.15 bits per heavy atom. The maximum atomic E-state index is 6.22. The van der Waals surface area contributed by atoms with E-state index in [-0.39, 0.29) is 6.79 Å². The summed E-state index contributed by atoms with van der Waals surface area (Å²) in [5.41, 5.74) is 0.820. The highest BCUT2D eigenvalue weighted by atomic mass is 35.5. The number of nitrogens with zero attached hydrogens (tertiary/aromatic N) is 3. The van der Waals surface area contributed by atoms with Crippen LogP contribution in [0.25, 0.3) is 0 Å². The molecule has 2 heterocycles. The Balaban J connectivity index is 1.49. The quantitative estimate of drug-likeness (QED) is 0.590. The van der Waals surface area contributed by atoms with E-state index in [0.29, 0.717) is 21.3 Å². The van der Waals surface area contributed by atoms with Crippen LogP contribution < -0.4 is 9.47 Å². The summed E-state index contributed by atoms with van der Waals surface area (Å²) in [6.07, 6.45) is 10.4. The van der Waals surface area contributed by atoms with Crippen LogP contribution in [0.1, 0.15) is 49.9 Å². The van der Waals surface area contributed by atoms with Crippen LogP contribution in [0.2, 0.25) is 5.02 Å². The average molecular weight is 393 g/mol. The van der Waals surface area contributed by atoms with Crippen molar-refractivity contribution < 1.29 is 9.47 Å². The molecule has 1 N–H and O–H groups in total. The largest absolute Gasteiger partial charge is 0.454 e. The minimum Gasteiger partial charge on any atom is -0.454 e. The SMILES string of the molecule is S=c1[nH]nc(CCC2CCCCC2)n1/N=C\c1cc(Cl)c2c(c1)OCO2. The van der Waals surface area contributed by atoms with E-state index >= 15 is 0 Å². The van der Waals surface area contributed by atoms with Crippen molar-refractivity contribution in [3.05, 3.63) is 33.3 Å². The fourth-order valence-electron chi connectivity index (χ4n) is 3.60. The first-order valence-corrected chi connectivity index (χ1v) is 9.79. The molecule has 0 amide bonds. The summed E-state index contributed by atoms with van der Waals surface area (Å²) in [5.74, 6) is 2.87. The lowest BCUT2D eigenvalue weighted by Crippen LogP contribution is -2.09. The van der Waals surface area contributed by atoms with Crippen molar-refractivity contribution in [3.63, 3.8) is 0 Å². The highest BCUT2D eigenvalue weighted by molar-refractivity contribution is 7.71. The smallest absolute Gasteiger partial charge is 0.231 e. The first-order valence-electron chi connectivity index (χ1n) is 9.00. The minimum atomic E-state index is 0.188. The zero-order valence-corrected chi connectivity index (χ0v) is 16.0. The number of halogens is 1. The van der Waals surface area contributed by atoms with Crippen LogP contribution in [0, 0.1) is 10.7 Å². The molecule has 26 heavy (non-hydrogen) atoms. The number of aromatic amines is 1. The number of benzene rings is 1. The van der Waals surface area contributed by atoms with Crippen molar-refractivity contribution in [3.8, 4) is 11.5 Å². The summed E-state index contributed by atoms with van der Waals surface area (Å²) in [6, 6.07) is 3.65. The number of H-pyrrole nitrogens is 1. The predicted octanol–water partition coefficient (Wildman–Crippen LogP) is 4.72. The molecule has 1 aliphatic heterocycles. The molecular weight excluding hydrogens is 372 g/mol. The third-order valence-electron chi connectivity index (χ3n) is 4.99. The molecule has 1 fully saturated rings. The number of nitrogens with one attached hydrogen (secondary N) is 1. The van der Waals surface area contributed by atoms with Gasteiger partial charge in [0.1, 0.15) is 0 Å². The van der Waals surface area contributed by atoms with E-state index in [1.165, 1.54) is 32.1 Å². The third kappa shape index (κ3) is 3.78. The molecule has 1 aliphatic carbocycles. The number of hydrogen-bond donors (Lipinski definition) is 1. The monoisotopic (exact) mass is 392 g/mol. The summed E-state index contributed by atoms with van der Waals surface area (Å²) >= 11 is 11.5. The van der Waals surface area contributed by atoms with Gasteiger partial charge in [0.2, 0.25) is 11.6 Å². The molecule has 2 aromatic rings. The fourth-order valence-corrected chi connectivity index (χ4v) is 4.07. The van der Waals surface area contributed by atoms with Gasteiger partial charge < -0.3 is 9.47 Å². The molecule has 0 spiro atoms. The summed E-state index contributed by atoms with van der Waals surface area (Å²) < 4.78 is 12.9. The van der Waals surface area contributed by atoms with Gasteiger partial charge in [-0.3, -0.25) is 5.10 Å². The molecular formula is C18H21ClN4O2S. The van der Waals surface area contributed by atoms with E-state index in [0.717, 1.165) is 30.1 Å². The highest BCUT2D eigenvalue weighted by Gasteiger charge is 2.18. The van der Waals surface area contributed by atoms with Gasteiger partial charge >= 0.3 is 0 Å². The van der Waals surface area contributed by atoms with Crippen LogP contribution in [0.15, 0.2) is 17.2 Å². The molecule has 1 saturated carbocycles. The summed E-state index contributed by atoms with van der Waals surface area (Å²) in [5, 5.41) is 12.2. The van der Waals surface area contributed by atoms with Gasteiger partial charge in [0.25, 0.3) is 0 Å². The summed E-state index contributed by atoms with van der Waals surface area (Å²) in [4.78, 5) is 0. The lowest BCUT2D eigenvalue weighted by atomic mass is 9.86. The van der Waals surface area contributed by atoms with Gasteiger partial charge in [0.15, 0.2) is 17.3 Å². The van der Waals surface area contributed by atoms with Crippen LogP contribution >= 0.6 is 23.8 Å². The Labute approximate surface area is 162 Å². The molecule has 0 atom stereocenters. The van der Waals surface area contributed by atoms with Crippen molar-refractivity contribution in [1.29, 1.82) is 0 Å². The Kier molecular flexibility index (Phi) is 5.26. The first kappa shape index (κ1) is 17.5. The second-order valence-electron chi connectivity index (χ2n) is 6.78. The lowest BCUT2D eigenvalue weighted by Gasteiger charge is -2.20. The number of hydrogen-bond acceptors (Lipinski definition) is 5. The Bertz CT molecular complexity index is 871. The fraction of sp³-hybridized carbons (Fsp3) is 0.500. The van der Waals surface area contributed by atoms with E-state index in [2.05, 4.69) is 15.3 Å². The molecule has 0 bridgehead atoms. The zero-order valence-electron chi connectivity index (χ0n) is 14.4. The number of aromatic nitrogens is 3. The lowest BCUT2D eigenvalue weighted by molar-refractivity contribution is 0.174. The van der Waals surface area contributed by atoms with Gasteiger partial charge in [0, 0.05) is 6.42 Å². The molecule has 8 heteroatoms. The van der Waals surface area contributed by atoms with Crippen LogP contribution in [0.4, 0.5) is 0 Å². The molecule has 1 aromatic heterocycles. The van der Waals surface area contributed by atoms with Crippen molar-refractivity contribution in [1.82, 2.24) is 14.9 Å². The van der Waals surface area contributed by atoms with Crippen molar-refractivity contribution in [2.45, 2.75) is 44.9 Å². The van der Waals surface area contributed by atoms with Gasteiger partial charge in [-0.2, -0.15) is 14.9 Å². The number of ether oxygens (including phenoxy) is 2. The van der Waals surface area contributed by atoms with E-state index in [4.69, 9.17) is 33.3 Å². The summed E-state index contributed by atoms with van der Waals surface area (Å²) in [6.45, 7) is 0.188. The van der Waals surface area contributed by atoms with Gasteiger partial charge in [0.05, 0.1) is 11.2 Å². The maximum absolute atomic E-state index is 6.22. The molecule has 138 valence electrons. The number of aryl methyl sites for hydroxylation is 1. The molecule has 1 aromatic carbocycles. The van der Waals surface area contributed by atoms with Crippen molar-refractivity contribution >= 4 is 30.0 Å². The first-order chi connectivity index (χ1) is 12.7. The second-order valence-corrected chi connectivity index (χ2v) is 7.57. The van der Waals surface area contributed by atoms with Crippen molar-refractivity contribution in [2.75, 3.05) is 6.79 Å². The van der Waals surface area contributed by atoms with Crippen LogP contribution in [0.5, 0.6) is 11.5 Å². The maximum Gasteiger partial charge on any atom is 0.231 e. The standard InChI is InChI=1S/C18H21ClN4O2S/c19-14-8-13(9-15-17(14)25-11-24-15)10-20-23-16(21-22-18(23)26)7-6-12-4-2-1-3-5-12/h8-10,12H,1-7,11H2,(H,22,26)/b20-10-. The Morgan fingerprint density at radius 1 is 1.31 bits per heavy atom. The third-order valence-corrected chi connectivity index (χ3v) is 5.54. The zero-order chi connectivity index (χ0) is 17.9. The topological polar surface area (TPSA) is 64.4 Å². The highest BCUT2D eigenvalue weighted by Crippen LogP contribution is 2.39. The Morgan fingerprint density at radius 3 is 3.00 bits per heavy atom. The van der Waals surface area contributed by atoms with Crippen LogP contribution in [0.3, 0.4) is 0 Å².